The molecule has 8 aliphatic rings. The standard InChI is InChI=1S/C48H76O20/c1-20-28(52)30(54)34(58)39(63-20)67-36-31(55)29(53)23(18-49)64-40(36)68-37-33(57)32(56)35(38(59)60)66-41(37)65-27-11-12-45(4)24(46(27,5)19-50)10-13-47(6)25(45)9-8-21-22-16-43(2,42(61)62)14-15-44(22,3)26(51)17-48(21,47)7/h8,20,22-37,39-41,49-58H,9-19H2,1-7H3,(H,59,60)(H,61,62)/t20-,22-,23+,24+,25+,26-,27-,28-,29-,30+,31-,32-,33-,34+,35-,36+,37+,39-,40-,41+,43+,44-,45-,46+,47+,48+/m0/s1. The molecule has 7 fully saturated rings. The van der Waals surface area contributed by atoms with Gasteiger partial charge in [-0.2, -0.15) is 0 Å². The number of allylic oxidation sites excluding steroid dienone is 2. The number of carbonyl (C=O) groups is 2. The number of aliphatic hydroxyl groups excluding tert-OH is 10. The summed E-state index contributed by atoms with van der Waals surface area (Å²) in [5.74, 6) is -2.69. The fraction of sp³-hybridized carbons (Fsp3) is 0.917. The van der Waals surface area contributed by atoms with Crippen molar-refractivity contribution in [3.8, 4) is 0 Å². The van der Waals surface area contributed by atoms with Crippen molar-refractivity contribution in [3.05, 3.63) is 11.6 Å². The van der Waals surface area contributed by atoms with Crippen molar-refractivity contribution in [2.24, 2.45) is 50.2 Å². The summed E-state index contributed by atoms with van der Waals surface area (Å²) >= 11 is 0. The van der Waals surface area contributed by atoms with Crippen LogP contribution in [0.1, 0.15) is 106 Å². The van der Waals surface area contributed by atoms with Crippen molar-refractivity contribution >= 4 is 11.9 Å². The maximum atomic E-state index is 12.6. The van der Waals surface area contributed by atoms with Crippen LogP contribution in [0.2, 0.25) is 0 Å². The minimum absolute atomic E-state index is 0.0661. The van der Waals surface area contributed by atoms with Gasteiger partial charge in [0, 0.05) is 10.8 Å². The zero-order valence-electron chi connectivity index (χ0n) is 40.0. The Morgan fingerprint density at radius 2 is 1.29 bits per heavy atom. The first kappa shape index (κ1) is 52.4. The largest absolute Gasteiger partial charge is 0.481 e. The van der Waals surface area contributed by atoms with Crippen LogP contribution in [0, 0.1) is 50.2 Å². The van der Waals surface area contributed by atoms with Gasteiger partial charge in [0.05, 0.1) is 36.9 Å². The van der Waals surface area contributed by atoms with E-state index in [1.807, 2.05) is 13.8 Å². The second-order valence-electron chi connectivity index (χ2n) is 23.3. The van der Waals surface area contributed by atoms with Crippen molar-refractivity contribution < 1.29 is 99.3 Å². The van der Waals surface area contributed by atoms with Crippen LogP contribution in [0.25, 0.3) is 0 Å². The topological polar surface area (TPSA) is 332 Å². The molecule has 26 atom stereocenters. The first-order valence-corrected chi connectivity index (χ1v) is 24.4. The van der Waals surface area contributed by atoms with E-state index in [9.17, 15) is 70.9 Å². The van der Waals surface area contributed by atoms with E-state index in [2.05, 4.69) is 33.8 Å². The summed E-state index contributed by atoms with van der Waals surface area (Å²) in [6.45, 7) is 12.8. The predicted octanol–water partition coefficient (Wildman–Crippen LogP) is -0.231. The van der Waals surface area contributed by atoms with Gasteiger partial charge in [-0.25, -0.2) is 4.79 Å². The van der Waals surface area contributed by atoms with Crippen LogP contribution >= 0.6 is 0 Å². The number of aliphatic hydroxyl groups is 10. The molecular formula is C48H76O20. The predicted molar refractivity (Wildman–Crippen MR) is 233 cm³/mol. The normalized spacial score (nSPS) is 56.0. The van der Waals surface area contributed by atoms with Crippen LogP contribution in [-0.4, -0.2) is 191 Å². The molecular weight excluding hydrogens is 897 g/mol. The minimum atomic E-state index is -2.10. The van der Waals surface area contributed by atoms with Crippen molar-refractivity contribution in [3.63, 3.8) is 0 Å². The van der Waals surface area contributed by atoms with E-state index < -0.39 is 150 Å². The number of carboxylic acids is 2. The Morgan fingerprint density at radius 1 is 0.662 bits per heavy atom. The van der Waals surface area contributed by atoms with Crippen LogP contribution in [0.4, 0.5) is 0 Å². The van der Waals surface area contributed by atoms with Gasteiger partial charge in [0.1, 0.15) is 61.0 Å². The zero-order valence-corrected chi connectivity index (χ0v) is 40.0. The third-order valence-electron chi connectivity index (χ3n) is 19.8. The maximum absolute atomic E-state index is 12.6. The van der Waals surface area contributed by atoms with Gasteiger partial charge in [0.25, 0.3) is 0 Å². The first-order chi connectivity index (χ1) is 31.7. The SMILES string of the molecule is C[C@@H]1O[C@@H](O[C@H]2[C@H](O[C@H]3[C@H](O[C@H]4CC[C@@]5(C)[C@@H](CC[C@]6(C)[C@@H]5CC=C5[C@@H]7C[C@](C)(C(=O)O)CC[C@]7(C)[C@@H](O)C[C@]56C)[C@@]4(C)CO)O[C@H](C(=O)O)[C@@H](O)[C@@H]3O)O[C@H](CO)[C@H](O)[C@@H]2O)[C@H](O)[C@H](O)[C@H]1O. The lowest BCUT2D eigenvalue weighted by atomic mass is 9.33. The Kier molecular flexibility index (Phi) is 14.0. The van der Waals surface area contributed by atoms with Crippen LogP contribution < -0.4 is 0 Å². The fourth-order valence-electron chi connectivity index (χ4n) is 15.0. The molecule has 68 heavy (non-hydrogen) atoms. The van der Waals surface area contributed by atoms with Gasteiger partial charge in [0.2, 0.25) is 0 Å². The smallest absolute Gasteiger partial charge is 0.335 e. The summed E-state index contributed by atoms with van der Waals surface area (Å²) < 4.78 is 36.1. The van der Waals surface area contributed by atoms with E-state index in [4.69, 9.17) is 28.4 Å². The van der Waals surface area contributed by atoms with E-state index >= 15 is 0 Å². The van der Waals surface area contributed by atoms with Crippen molar-refractivity contribution in [2.75, 3.05) is 13.2 Å². The van der Waals surface area contributed by atoms with Crippen LogP contribution in [-0.2, 0) is 38.0 Å². The molecule has 0 spiro atoms. The van der Waals surface area contributed by atoms with Gasteiger partial charge in [0.15, 0.2) is 25.0 Å². The van der Waals surface area contributed by atoms with Crippen molar-refractivity contribution in [1.29, 1.82) is 0 Å². The second-order valence-corrected chi connectivity index (χ2v) is 23.3. The molecule has 8 rings (SSSR count). The molecule has 3 aliphatic heterocycles. The van der Waals surface area contributed by atoms with Gasteiger partial charge >= 0.3 is 11.9 Å². The molecule has 0 aromatic carbocycles. The third-order valence-corrected chi connectivity index (χ3v) is 19.8. The lowest BCUT2D eigenvalue weighted by molar-refractivity contribution is -0.396. The van der Waals surface area contributed by atoms with Crippen LogP contribution in [0.15, 0.2) is 11.6 Å². The maximum Gasteiger partial charge on any atom is 0.335 e. The molecule has 388 valence electrons. The van der Waals surface area contributed by atoms with E-state index in [1.54, 1.807) is 0 Å². The quantitative estimate of drug-likeness (QED) is 0.0994. The highest BCUT2D eigenvalue weighted by molar-refractivity contribution is 5.74. The molecule has 20 nitrogen and oxygen atoms in total. The summed E-state index contributed by atoms with van der Waals surface area (Å²) in [5, 5.41) is 131. The van der Waals surface area contributed by atoms with Gasteiger partial charge < -0.3 is 89.7 Å². The van der Waals surface area contributed by atoms with E-state index in [-0.39, 0.29) is 29.8 Å². The summed E-state index contributed by atoms with van der Waals surface area (Å²) in [5.41, 5.74) is -2.35. The van der Waals surface area contributed by atoms with E-state index in [1.165, 1.54) is 12.5 Å². The number of hydrogen-bond acceptors (Lipinski definition) is 18. The van der Waals surface area contributed by atoms with E-state index in [0.29, 0.717) is 57.8 Å². The summed E-state index contributed by atoms with van der Waals surface area (Å²) in [6, 6.07) is 0. The number of aliphatic carboxylic acids is 2. The first-order valence-electron chi connectivity index (χ1n) is 24.4. The monoisotopic (exact) mass is 972 g/mol. The molecule has 0 radical (unpaired) electrons. The molecule has 3 heterocycles. The zero-order chi connectivity index (χ0) is 50.0. The highest BCUT2D eigenvalue weighted by atomic mass is 16.8. The van der Waals surface area contributed by atoms with E-state index in [0.717, 1.165) is 0 Å². The third kappa shape index (κ3) is 7.85. The summed E-state index contributed by atoms with van der Waals surface area (Å²) in [4.78, 5) is 25.1. The Balaban J connectivity index is 1.08. The van der Waals surface area contributed by atoms with Gasteiger partial charge in [-0.05, 0) is 106 Å². The molecule has 12 N–H and O–H groups in total. The highest BCUT2D eigenvalue weighted by Crippen LogP contribution is 2.76. The van der Waals surface area contributed by atoms with Crippen molar-refractivity contribution in [2.45, 2.75) is 211 Å². The van der Waals surface area contributed by atoms with Crippen molar-refractivity contribution in [1.82, 2.24) is 0 Å². The lowest BCUT2D eigenvalue weighted by Gasteiger charge is -2.72. The molecule has 4 saturated carbocycles. The Labute approximate surface area is 396 Å². The number of fused-ring (bicyclic) bond motifs is 7. The molecule has 0 unspecified atom stereocenters. The van der Waals surface area contributed by atoms with Crippen LogP contribution in [0.3, 0.4) is 0 Å². The highest BCUT2D eigenvalue weighted by Gasteiger charge is 2.71. The molecule has 0 amide bonds. The number of ether oxygens (including phenoxy) is 6. The Bertz CT molecular complexity index is 1920. The minimum Gasteiger partial charge on any atom is -0.481 e. The number of rotatable bonds is 10. The van der Waals surface area contributed by atoms with Crippen LogP contribution in [0.5, 0.6) is 0 Å². The molecule has 0 bridgehead atoms. The average molecular weight is 973 g/mol. The molecule has 20 heteroatoms. The Morgan fingerprint density at radius 3 is 1.91 bits per heavy atom. The van der Waals surface area contributed by atoms with Gasteiger partial charge in [-0.3, -0.25) is 4.79 Å². The molecule has 3 saturated heterocycles. The van der Waals surface area contributed by atoms with Gasteiger partial charge in [-0.1, -0.05) is 46.3 Å². The molecule has 5 aliphatic carbocycles. The second kappa shape index (κ2) is 18.2. The Hall–Kier alpha value is -1.96. The molecule has 0 aromatic heterocycles. The average Bonchev–Trinajstić information content (AvgIpc) is 3.28. The summed E-state index contributed by atoms with van der Waals surface area (Å²) in [6.07, 6.45) is -20.9. The lowest BCUT2D eigenvalue weighted by Crippen LogP contribution is -2.68. The molecule has 0 aromatic rings. The fourth-order valence-corrected chi connectivity index (χ4v) is 15.0. The number of carboxylic acid groups (broad SMARTS) is 2. The van der Waals surface area contributed by atoms with Gasteiger partial charge in [-0.15, -0.1) is 0 Å². The number of hydrogen-bond donors (Lipinski definition) is 12. The summed E-state index contributed by atoms with van der Waals surface area (Å²) in [7, 11) is 0.